The molecule has 0 fully saturated rings. The van der Waals surface area contributed by atoms with Crippen molar-refractivity contribution in [3.05, 3.63) is 47.0 Å². The zero-order valence-electron chi connectivity index (χ0n) is 12.6. The first-order chi connectivity index (χ1) is 11.6. The minimum atomic E-state index is -0.356. The molecular formula is C16H13ClN2O4S. The summed E-state index contributed by atoms with van der Waals surface area (Å²) in [6.07, 6.45) is 0. The van der Waals surface area contributed by atoms with Crippen LogP contribution in [0.5, 0.6) is 17.2 Å². The first kappa shape index (κ1) is 16.4. The topological polar surface area (TPSA) is 68.8 Å². The molecule has 2 aromatic carbocycles. The molecule has 0 unspecified atom stereocenters. The summed E-state index contributed by atoms with van der Waals surface area (Å²) >= 11 is 11.2. The second-order valence-corrected chi connectivity index (χ2v) is 5.64. The number of nitrogens with one attached hydrogen (secondary N) is 2. The first-order valence-corrected chi connectivity index (χ1v) is 7.71. The lowest BCUT2D eigenvalue weighted by Crippen LogP contribution is -2.34. The average molecular weight is 365 g/mol. The molecule has 0 bridgehead atoms. The van der Waals surface area contributed by atoms with Crippen molar-refractivity contribution in [2.45, 2.75) is 0 Å². The Morgan fingerprint density at radius 1 is 1.21 bits per heavy atom. The van der Waals surface area contributed by atoms with E-state index in [0.29, 0.717) is 33.5 Å². The molecule has 0 spiro atoms. The number of thiocarbonyl (C=S) groups is 1. The molecule has 0 atom stereocenters. The number of carbonyl (C=O) groups excluding carboxylic acids is 1. The van der Waals surface area contributed by atoms with Gasteiger partial charge in [0.1, 0.15) is 5.75 Å². The van der Waals surface area contributed by atoms with Crippen molar-refractivity contribution in [3.63, 3.8) is 0 Å². The third-order valence-corrected chi connectivity index (χ3v) is 3.77. The Morgan fingerprint density at radius 3 is 2.75 bits per heavy atom. The Labute approximate surface area is 148 Å². The highest BCUT2D eigenvalue weighted by Crippen LogP contribution is 2.32. The van der Waals surface area contributed by atoms with Crippen LogP contribution < -0.4 is 24.8 Å². The standard InChI is InChI=1S/C16H13ClN2O4S/c1-21-12-5-3-10(7-11(12)17)18-16(24)19-15(20)9-2-4-13-14(6-9)23-8-22-13/h2-7H,8H2,1H3,(H2,18,19,20,24). The third kappa shape index (κ3) is 3.52. The molecule has 2 N–H and O–H groups in total. The molecule has 0 radical (unpaired) electrons. The Kier molecular flexibility index (Phi) is 4.73. The summed E-state index contributed by atoms with van der Waals surface area (Å²) in [7, 11) is 1.53. The van der Waals surface area contributed by atoms with Crippen LogP contribution in [0.2, 0.25) is 5.02 Å². The molecular weight excluding hydrogens is 352 g/mol. The number of methoxy groups -OCH3 is 1. The van der Waals surface area contributed by atoms with Crippen molar-refractivity contribution in [2.24, 2.45) is 0 Å². The number of carbonyl (C=O) groups is 1. The summed E-state index contributed by atoms with van der Waals surface area (Å²) in [6, 6.07) is 10.0. The van der Waals surface area contributed by atoms with Gasteiger partial charge in [0.05, 0.1) is 12.1 Å². The van der Waals surface area contributed by atoms with Gasteiger partial charge in [-0.25, -0.2) is 0 Å². The number of hydrogen-bond acceptors (Lipinski definition) is 5. The van der Waals surface area contributed by atoms with Gasteiger partial charge in [0.25, 0.3) is 5.91 Å². The van der Waals surface area contributed by atoms with Crippen molar-refractivity contribution in [3.8, 4) is 17.2 Å². The van der Waals surface area contributed by atoms with Crippen LogP contribution in [0.25, 0.3) is 0 Å². The summed E-state index contributed by atoms with van der Waals surface area (Å²) in [5.41, 5.74) is 1.05. The number of rotatable bonds is 3. The van der Waals surface area contributed by atoms with Crippen molar-refractivity contribution < 1.29 is 19.0 Å². The Morgan fingerprint density at radius 2 is 2.00 bits per heavy atom. The van der Waals surface area contributed by atoms with Gasteiger partial charge in [-0.1, -0.05) is 11.6 Å². The maximum absolute atomic E-state index is 12.2. The smallest absolute Gasteiger partial charge is 0.257 e. The quantitative estimate of drug-likeness (QED) is 0.815. The lowest BCUT2D eigenvalue weighted by Gasteiger charge is -2.11. The van der Waals surface area contributed by atoms with Gasteiger partial charge in [-0.3, -0.25) is 10.1 Å². The van der Waals surface area contributed by atoms with Crippen LogP contribution >= 0.6 is 23.8 Å². The van der Waals surface area contributed by atoms with Crippen LogP contribution in [0, 0.1) is 0 Å². The zero-order chi connectivity index (χ0) is 17.1. The monoisotopic (exact) mass is 364 g/mol. The Balaban J connectivity index is 1.64. The number of anilines is 1. The maximum Gasteiger partial charge on any atom is 0.257 e. The van der Waals surface area contributed by atoms with Crippen LogP contribution in [-0.2, 0) is 0 Å². The van der Waals surface area contributed by atoms with E-state index in [9.17, 15) is 4.79 Å². The van der Waals surface area contributed by atoms with E-state index < -0.39 is 0 Å². The molecule has 0 aromatic heterocycles. The van der Waals surface area contributed by atoms with Crippen molar-refractivity contribution in [1.82, 2.24) is 5.32 Å². The van der Waals surface area contributed by atoms with Crippen LogP contribution in [-0.4, -0.2) is 24.9 Å². The first-order valence-electron chi connectivity index (χ1n) is 6.92. The Bertz CT molecular complexity index is 813. The molecule has 3 rings (SSSR count). The number of amides is 1. The van der Waals surface area contributed by atoms with E-state index in [0.717, 1.165) is 0 Å². The normalized spacial score (nSPS) is 11.8. The summed E-state index contributed by atoms with van der Waals surface area (Å²) < 4.78 is 15.5. The van der Waals surface area contributed by atoms with Crippen molar-refractivity contribution in [2.75, 3.05) is 19.2 Å². The van der Waals surface area contributed by atoms with E-state index in [-0.39, 0.29) is 17.8 Å². The number of fused-ring (bicyclic) bond motifs is 1. The lowest BCUT2D eigenvalue weighted by atomic mass is 10.2. The number of ether oxygens (including phenoxy) is 3. The van der Waals surface area contributed by atoms with Gasteiger partial charge in [-0.15, -0.1) is 0 Å². The van der Waals surface area contributed by atoms with Gasteiger partial charge < -0.3 is 19.5 Å². The fraction of sp³-hybridized carbons (Fsp3) is 0.125. The highest BCUT2D eigenvalue weighted by molar-refractivity contribution is 7.80. The highest BCUT2D eigenvalue weighted by atomic mass is 35.5. The van der Waals surface area contributed by atoms with Gasteiger partial charge in [0, 0.05) is 11.3 Å². The largest absolute Gasteiger partial charge is 0.495 e. The van der Waals surface area contributed by atoms with E-state index in [1.54, 1.807) is 36.4 Å². The second-order valence-electron chi connectivity index (χ2n) is 4.83. The van der Waals surface area contributed by atoms with E-state index in [1.807, 2.05) is 0 Å². The van der Waals surface area contributed by atoms with Gasteiger partial charge in [-0.2, -0.15) is 0 Å². The van der Waals surface area contributed by atoms with E-state index in [1.165, 1.54) is 7.11 Å². The lowest BCUT2D eigenvalue weighted by molar-refractivity contribution is 0.0977. The van der Waals surface area contributed by atoms with E-state index in [4.69, 9.17) is 38.0 Å². The van der Waals surface area contributed by atoms with E-state index in [2.05, 4.69) is 10.6 Å². The molecule has 24 heavy (non-hydrogen) atoms. The minimum Gasteiger partial charge on any atom is -0.495 e. The van der Waals surface area contributed by atoms with Crippen LogP contribution in [0.3, 0.4) is 0 Å². The molecule has 0 saturated heterocycles. The molecule has 6 nitrogen and oxygen atoms in total. The molecule has 0 aliphatic carbocycles. The van der Waals surface area contributed by atoms with Gasteiger partial charge in [0.2, 0.25) is 6.79 Å². The second kappa shape index (κ2) is 6.94. The van der Waals surface area contributed by atoms with Gasteiger partial charge in [0.15, 0.2) is 16.6 Å². The minimum absolute atomic E-state index is 0.151. The summed E-state index contributed by atoms with van der Waals surface area (Å²) in [4.78, 5) is 12.2. The van der Waals surface area contributed by atoms with Crippen LogP contribution in [0.1, 0.15) is 10.4 Å². The number of hydrogen-bond donors (Lipinski definition) is 2. The Hall–Kier alpha value is -2.51. The predicted molar refractivity (Wildman–Crippen MR) is 94.3 cm³/mol. The molecule has 1 amide bonds. The zero-order valence-corrected chi connectivity index (χ0v) is 14.2. The molecule has 8 heteroatoms. The van der Waals surface area contributed by atoms with Crippen LogP contribution in [0.4, 0.5) is 5.69 Å². The SMILES string of the molecule is COc1ccc(NC(=S)NC(=O)c2ccc3c(c2)OCO3)cc1Cl. The van der Waals surface area contributed by atoms with Gasteiger partial charge in [-0.05, 0) is 48.6 Å². The number of halogens is 1. The highest BCUT2D eigenvalue weighted by Gasteiger charge is 2.16. The summed E-state index contributed by atoms with van der Waals surface area (Å²) in [5.74, 6) is 1.34. The summed E-state index contributed by atoms with van der Waals surface area (Å²) in [5, 5.41) is 6.07. The van der Waals surface area contributed by atoms with Crippen molar-refractivity contribution in [1.29, 1.82) is 0 Å². The molecule has 124 valence electrons. The molecule has 1 aliphatic rings. The average Bonchev–Trinajstić information content (AvgIpc) is 3.02. The molecule has 1 heterocycles. The fourth-order valence-electron chi connectivity index (χ4n) is 2.12. The van der Waals surface area contributed by atoms with E-state index >= 15 is 0 Å². The van der Waals surface area contributed by atoms with Gasteiger partial charge >= 0.3 is 0 Å². The maximum atomic E-state index is 12.2. The fourth-order valence-corrected chi connectivity index (χ4v) is 2.59. The number of benzene rings is 2. The van der Waals surface area contributed by atoms with Crippen molar-refractivity contribution >= 4 is 40.5 Å². The van der Waals surface area contributed by atoms with Crippen LogP contribution in [0.15, 0.2) is 36.4 Å². The predicted octanol–water partition coefficient (Wildman–Crippen LogP) is 3.20. The molecule has 2 aromatic rings. The third-order valence-electron chi connectivity index (χ3n) is 3.27. The summed E-state index contributed by atoms with van der Waals surface area (Å²) in [6.45, 7) is 0.151. The molecule has 1 aliphatic heterocycles. The molecule has 0 saturated carbocycles.